The van der Waals surface area contributed by atoms with E-state index in [0.29, 0.717) is 13.1 Å². The van der Waals surface area contributed by atoms with Crippen LogP contribution >= 0.6 is 0 Å². The first-order valence-electron chi connectivity index (χ1n) is 10.1. The van der Waals surface area contributed by atoms with Crippen LogP contribution in [0.5, 0.6) is 0 Å². The lowest BCUT2D eigenvalue weighted by atomic mass is 9.94. The monoisotopic (exact) mass is 399 g/mol. The molecule has 0 saturated carbocycles. The standard InChI is InChI=1S/C23H30FN3O2/c1-16(2)27(22(29)23(3,4)5)15-20(28)26-13-12-25-11-7-10-19(25)21(26)17-8-6-9-18(24)14-17/h6-11,14,16,21H,12-13,15H2,1-5H3. The number of benzene rings is 1. The minimum atomic E-state index is -0.566. The van der Waals surface area contributed by atoms with E-state index in [1.807, 2.05) is 59.0 Å². The lowest BCUT2D eigenvalue weighted by Gasteiger charge is -2.40. The van der Waals surface area contributed by atoms with Gasteiger partial charge in [0.25, 0.3) is 0 Å². The van der Waals surface area contributed by atoms with Crippen LogP contribution in [0, 0.1) is 11.2 Å². The molecular formula is C23H30FN3O2. The Bertz CT molecular complexity index is 898. The maximum Gasteiger partial charge on any atom is 0.243 e. The average molecular weight is 400 g/mol. The van der Waals surface area contributed by atoms with Gasteiger partial charge in [-0.2, -0.15) is 0 Å². The van der Waals surface area contributed by atoms with Crippen molar-refractivity contribution in [2.24, 2.45) is 5.41 Å². The number of fused-ring (bicyclic) bond motifs is 1. The van der Waals surface area contributed by atoms with E-state index >= 15 is 0 Å². The Labute approximate surface area is 172 Å². The molecule has 0 aliphatic carbocycles. The lowest BCUT2D eigenvalue weighted by molar-refractivity contribution is -0.148. The predicted octanol–water partition coefficient (Wildman–Crippen LogP) is 3.84. The molecular weight excluding hydrogens is 369 g/mol. The number of rotatable bonds is 4. The van der Waals surface area contributed by atoms with Gasteiger partial charge in [-0.05, 0) is 43.7 Å². The molecule has 0 bridgehead atoms. The summed E-state index contributed by atoms with van der Waals surface area (Å²) >= 11 is 0. The zero-order valence-corrected chi connectivity index (χ0v) is 17.9. The number of hydrogen-bond donors (Lipinski definition) is 0. The summed E-state index contributed by atoms with van der Waals surface area (Å²) in [6, 6.07) is 9.84. The van der Waals surface area contributed by atoms with E-state index in [-0.39, 0.29) is 36.3 Å². The highest BCUT2D eigenvalue weighted by Gasteiger charge is 2.36. The molecule has 6 heteroatoms. The van der Waals surface area contributed by atoms with Gasteiger partial charge in [-0.15, -0.1) is 0 Å². The summed E-state index contributed by atoms with van der Waals surface area (Å²) in [5.41, 5.74) is 1.12. The van der Waals surface area contributed by atoms with Crippen LogP contribution in [0.2, 0.25) is 0 Å². The minimum Gasteiger partial charge on any atom is -0.348 e. The van der Waals surface area contributed by atoms with Crippen molar-refractivity contribution in [3.05, 3.63) is 59.7 Å². The Kier molecular flexibility index (Phi) is 5.82. The van der Waals surface area contributed by atoms with Gasteiger partial charge < -0.3 is 14.4 Å². The summed E-state index contributed by atoms with van der Waals surface area (Å²) in [4.78, 5) is 29.7. The van der Waals surface area contributed by atoms with Gasteiger partial charge in [0.15, 0.2) is 0 Å². The Morgan fingerprint density at radius 2 is 1.90 bits per heavy atom. The highest BCUT2D eigenvalue weighted by molar-refractivity contribution is 5.88. The second kappa shape index (κ2) is 8.01. The van der Waals surface area contributed by atoms with Crippen molar-refractivity contribution < 1.29 is 14.0 Å². The molecule has 0 N–H and O–H groups in total. The normalized spacial score (nSPS) is 16.7. The highest BCUT2D eigenvalue weighted by atomic mass is 19.1. The third-order valence-electron chi connectivity index (χ3n) is 5.35. The first-order valence-corrected chi connectivity index (χ1v) is 10.1. The van der Waals surface area contributed by atoms with Gasteiger partial charge in [0, 0.05) is 36.4 Å². The summed E-state index contributed by atoms with van der Waals surface area (Å²) in [6.07, 6.45) is 1.98. The fourth-order valence-corrected chi connectivity index (χ4v) is 3.84. The molecule has 0 spiro atoms. The van der Waals surface area contributed by atoms with Gasteiger partial charge in [0.2, 0.25) is 11.8 Å². The van der Waals surface area contributed by atoms with Crippen molar-refractivity contribution in [2.75, 3.05) is 13.1 Å². The molecule has 2 amide bonds. The van der Waals surface area contributed by atoms with Crippen LogP contribution in [-0.4, -0.2) is 45.3 Å². The number of nitrogens with zero attached hydrogens (tertiary/aromatic N) is 3. The summed E-state index contributed by atoms with van der Waals surface area (Å²) < 4.78 is 16.0. The highest BCUT2D eigenvalue weighted by Crippen LogP contribution is 2.33. The first-order chi connectivity index (χ1) is 13.6. The second-order valence-electron chi connectivity index (χ2n) is 8.95. The van der Waals surface area contributed by atoms with Crippen LogP contribution < -0.4 is 0 Å². The van der Waals surface area contributed by atoms with Gasteiger partial charge >= 0.3 is 0 Å². The van der Waals surface area contributed by atoms with Crippen molar-refractivity contribution >= 4 is 11.8 Å². The molecule has 1 atom stereocenters. The molecule has 3 rings (SSSR count). The quantitative estimate of drug-likeness (QED) is 0.784. The fourth-order valence-electron chi connectivity index (χ4n) is 3.84. The fraction of sp³-hybridized carbons (Fsp3) is 0.478. The van der Waals surface area contributed by atoms with Crippen molar-refractivity contribution in [2.45, 2.75) is 53.2 Å². The largest absolute Gasteiger partial charge is 0.348 e. The van der Waals surface area contributed by atoms with Crippen molar-refractivity contribution in [1.29, 1.82) is 0 Å². The van der Waals surface area contributed by atoms with E-state index in [0.717, 1.165) is 11.3 Å². The number of aromatic nitrogens is 1. The van der Waals surface area contributed by atoms with Gasteiger partial charge in [-0.3, -0.25) is 9.59 Å². The van der Waals surface area contributed by atoms with E-state index in [4.69, 9.17) is 0 Å². The lowest BCUT2D eigenvalue weighted by Crippen LogP contribution is -2.51. The molecule has 1 aromatic carbocycles. The van der Waals surface area contributed by atoms with Gasteiger partial charge in [-0.25, -0.2) is 4.39 Å². The molecule has 0 fully saturated rings. The van der Waals surface area contributed by atoms with Crippen LogP contribution in [0.3, 0.4) is 0 Å². The maximum atomic E-state index is 13.9. The predicted molar refractivity (Wildman–Crippen MR) is 111 cm³/mol. The third-order valence-corrected chi connectivity index (χ3v) is 5.35. The third kappa shape index (κ3) is 4.36. The van der Waals surface area contributed by atoms with Crippen molar-refractivity contribution in [1.82, 2.24) is 14.4 Å². The molecule has 0 radical (unpaired) electrons. The molecule has 5 nitrogen and oxygen atoms in total. The zero-order chi connectivity index (χ0) is 21.3. The minimum absolute atomic E-state index is 0.0142. The van der Waals surface area contributed by atoms with Crippen molar-refractivity contribution in [3.63, 3.8) is 0 Å². The van der Waals surface area contributed by atoms with Gasteiger partial charge in [0.1, 0.15) is 12.4 Å². The van der Waals surface area contributed by atoms with Crippen molar-refractivity contribution in [3.8, 4) is 0 Å². The molecule has 1 aromatic heterocycles. The first kappa shape index (κ1) is 21.1. The number of amides is 2. The SMILES string of the molecule is CC(C)N(CC(=O)N1CCn2cccc2C1c1cccc(F)c1)C(=O)C(C)(C)C. The molecule has 2 heterocycles. The molecule has 1 aliphatic rings. The Morgan fingerprint density at radius 1 is 1.17 bits per heavy atom. The van der Waals surface area contributed by atoms with E-state index in [2.05, 4.69) is 4.57 Å². The average Bonchev–Trinajstić information content (AvgIpc) is 3.12. The molecule has 29 heavy (non-hydrogen) atoms. The smallest absolute Gasteiger partial charge is 0.243 e. The van der Waals surface area contributed by atoms with E-state index in [1.165, 1.54) is 12.1 Å². The Balaban J connectivity index is 1.93. The Hall–Kier alpha value is -2.63. The van der Waals surface area contributed by atoms with Gasteiger partial charge in [0.05, 0.1) is 6.04 Å². The maximum absolute atomic E-state index is 13.9. The summed E-state index contributed by atoms with van der Waals surface area (Å²) in [6.45, 7) is 10.6. The van der Waals surface area contributed by atoms with Crippen LogP contribution in [0.1, 0.15) is 51.9 Å². The van der Waals surface area contributed by atoms with Gasteiger partial charge in [-0.1, -0.05) is 32.9 Å². The van der Waals surface area contributed by atoms with E-state index in [9.17, 15) is 14.0 Å². The topological polar surface area (TPSA) is 45.6 Å². The molecule has 2 aromatic rings. The van der Waals surface area contributed by atoms with E-state index < -0.39 is 5.41 Å². The summed E-state index contributed by atoms with van der Waals surface area (Å²) in [5.74, 6) is -0.508. The molecule has 0 saturated heterocycles. The van der Waals surface area contributed by atoms with Crippen LogP contribution in [0.4, 0.5) is 4.39 Å². The van der Waals surface area contributed by atoms with Crippen LogP contribution in [-0.2, 0) is 16.1 Å². The summed E-state index contributed by atoms with van der Waals surface area (Å²) in [5, 5.41) is 0. The second-order valence-corrected chi connectivity index (χ2v) is 8.95. The molecule has 1 unspecified atom stereocenters. The summed E-state index contributed by atoms with van der Waals surface area (Å²) in [7, 11) is 0. The number of carbonyl (C=O) groups excluding carboxylic acids is 2. The van der Waals surface area contributed by atoms with Crippen LogP contribution in [0.15, 0.2) is 42.6 Å². The Morgan fingerprint density at radius 3 is 2.52 bits per heavy atom. The zero-order valence-electron chi connectivity index (χ0n) is 17.9. The molecule has 1 aliphatic heterocycles. The number of carbonyl (C=O) groups is 2. The molecule has 156 valence electrons. The van der Waals surface area contributed by atoms with E-state index in [1.54, 1.807) is 15.9 Å². The number of hydrogen-bond acceptors (Lipinski definition) is 2. The van der Waals surface area contributed by atoms with Crippen LogP contribution in [0.25, 0.3) is 0 Å². The number of halogens is 1.